The zero-order valence-corrected chi connectivity index (χ0v) is 24.5. The van der Waals surface area contributed by atoms with Gasteiger partial charge < -0.3 is 9.84 Å². The summed E-state index contributed by atoms with van der Waals surface area (Å²) >= 11 is 6.22. The van der Waals surface area contributed by atoms with Crippen LogP contribution in [0.25, 0.3) is 0 Å². The zero-order valence-electron chi connectivity index (χ0n) is 23.8. The van der Waals surface area contributed by atoms with E-state index in [9.17, 15) is 14.7 Å². The van der Waals surface area contributed by atoms with Crippen LogP contribution in [0.4, 0.5) is 0 Å². The second kappa shape index (κ2) is 14.8. The number of nitrogens with zero attached hydrogens (tertiary/aromatic N) is 1. The van der Waals surface area contributed by atoms with Crippen molar-refractivity contribution in [3.63, 3.8) is 0 Å². The van der Waals surface area contributed by atoms with Crippen LogP contribution in [0, 0.1) is 5.92 Å². The second-order valence-corrected chi connectivity index (χ2v) is 11.1. The van der Waals surface area contributed by atoms with Crippen LogP contribution in [0.3, 0.4) is 0 Å². The molecule has 2 unspecified atom stereocenters. The van der Waals surface area contributed by atoms with E-state index in [-0.39, 0.29) is 12.2 Å². The number of unbranched alkanes of at least 4 members (excludes halogenated alkanes) is 4. The number of carboxylic acids is 1. The Morgan fingerprint density at radius 3 is 2.07 bits per heavy atom. The molecule has 1 aliphatic heterocycles. The summed E-state index contributed by atoms with van der Waals surface area (Å²) < 4.78 is 5.67. The van der Waals surface area contributed by atoms with E-state index in [1.165, 1.54) is 11.1 Å². The summed E-state index contributed by atoms with van der Waals surface area (Å²) in [5, 5.41) is 10.5. The molecule has 214 valence electrons. The normalized spacial score (nSPS) is 16.9. The van der Waals surface area contributed by atoms with E-state index < -0.39 is 23.8 Å². The number of benzene rings is 3. The van der Waals surface area contributed by atoms with Crippen molar-refractivity contribution in [2.24, 2.45) is 10.9 Å². The minimum Gasteiger partial charge on any atom is -0.481 e. The summed E-state index contributed by atoms with van der Waals surface area (Å²) in [5.74, 6) is -2.83. The molecule has 0 amide bonds. The Morgan fingerprint density at radius 2 is 1.46 bits per heavy atom. The average Bonchev–Trinajstić information content (AvgIpc) is 2.96. The van der Waals surface area contributed by atoms with Crippen LogP contribution in [0.2, 0.25) is 5.02 Å². The van der Waals surface area contributed by atoms with E-state index in [0.717, 1.165) is 38.5 Å². The summed E-state index contributed by atoms with van der Waals surface area (Å²) in [6, 6.07) is 28.3. The third-order valence-corrected chi connectivity index (χ3v) is 8.03. The van der Waals surface area contributed by atoms with Crippen molar-refractivity contribution in [2.75, 3.05) is 6.61 Å². The summed E-state index contributed by atoms with van der Waals surface area (Å²) in [7, 11) is 0. The first-order valence-corrected chi connectivity index (χ1v) is 14.8. The number of hydrogen-bond acceptors (Lipinski definition) is 4. The number of rotatable bonds is 13. The molecule has 0 fully saturated rings. The van der Waals surface area contributed by atoms with Crippen LogP contribution in [0.15, 0.2) is 101 Å². The molecule has 1 aliphatic rings. The molecule has 4 rings (SSSR count). The fourth-order valence-corrected chi connectivity index (χ4v) is 6.00. The molecule has 6 heteroatoms. The first kappa shape index (κ1) is 30.3. The Hall–Kier alpha value is -3.70. The van der Waals surface area contributed by atoms with Crippen LogP contribution in [-0.2, 0) is 14.3 Å². The van der Waals surface area contributed by atoms with Crippen LogP contribution in [0.5, 0.6) is 0 Å². The van der Waals surface area contributed by atoms with E-state index >= 15 is 0 Å². The third kappa shape index (κ3) is 7.95. The molecule has 0 aliphatic carbocycles. The van der Waals surface area contributed by atoms with Crippen LogP contribution in [-0.4, -0.2) is 29.4 Å². The predicted molar refractivity (Wildman–Crippen MR) is 165 cm³/mol. The van der Waals surface area contributed by atoms with Gasteiger partial charge in [-0.1, -0.05) is 110 Å². The van der Waals surface area contributed by atoms with E-state index in [4.69, 9.17) is 16.3 Å². The lowest BCUT2D eigenvalue weighted by Crippen LogP contribution is -2.35. The molecule has 2 atom stereocenters. The first-order valence-electron chi connectivity index (χ1n) is 14.4. The monoisotopic (exact) mass is 571 g/mol. The van der Waals surface area contributed by atoms with Gasteiger partial charge in [0.15, 0.2) is 0 Å². The Bertz CT molecular complexity index is 1340. The van der Waals surface area contributed by atoms with Gasteiger partial charge in [-0.3, -0.25) is 9.79 Å². The number of hydrogen-bond donors (Lipinski definition) is 1. The second-order valence-electron chi connectivity index (χ2n) is 10.7. The van der Waals surface area contributed by atoms with E-state index in [0.29, 0.717) is 27.9 Å². The predicted octanol–water partition coefficient (Wildman–Crippen LogP) is 8.59. The van der Waals surface area contributed by atoms with Gasteiger partial charge in [-0.25, -0.2) is 4.79 Å². The van der Waals surface area contributed by atoms with Gasteiger partial charge in [0.25, 0.3) is 0 Å². The highest BCUT2D eigenvalue weighted by molar-refractivity contribution is 6.30. The Morgan fingerprint density at radius 1 is 0.854 bits per heavy atom. The molecule has 5 nitrogen and oxygen atoms in total. The lowest BCUT2D eigenvalue weighted by Gasteiger charge is -2.30. The molecule has 1 N–H and O–H groups in total. The van der Waals surface area contributed by atoms with Gasteiger partial charge in [-0.2, -0.15) is 0 Å². The quantitative estimate of drug-likeness (QED) is 0.165. The van der Waals surface area contributed by atoms with Crippen molar-refractivity contribution < 1.29 is 19.4 Å². The maximum atomic E-state index is 13.3. The number of carboxylic acid groups (broad SMARTS) is 1. The minimum absolute atomic E-state index is 0.287. The van der Waals surface area contributed by atoms with Crippen molar-refractivity contribution >= 4 is 29.3 Å². The lowest BCUT2D eigenvalue weighted by atomic mass is 9.75. The highest BCUT2D eigenvalue weighted by atomic mass is 35.5. The summed E-state index contributed by atoms with van der Waals surface area (Å²) in [6.45, 7) is 3.70. The molecule has 0 radical (unpaired) electrons. The maximum Gasteiger partial charge on any atom is 0.336 e. The van der Waals surface area contributed by atoms with E-state index in [1.807, 2.05) is 0 Å². The number of carbonyl (C=O) groups is 2. The number of aliphatic carboxylic acids is 1. The smallest absolute Gasteiger partial charge is 0.336 e. The molecule has 0 aromatic heterocycles. The van der Waals surface area contributed by atoms with E-state index in [2.05, 4.69) is 65.7 Å². The van der Waals surface area contributed by atoms with Gasteiger partial charge in [0.2, 0.25) is 0 Å². The van der Waals surface area contributed by atoms with Crippen LogP contribution < -0.4 is 0 Å². The first-order chi connectivity index (χ1) is 19.9. The standard InChI is InChI=1S/C35H38ClNO4/c1-24-31(34(38)39)33(28-19-14-20-29(36)23-28)32(25(2)37-24)35(40)41-22-13-5-3-4-12-21-30(26-15-8-6-9-16-26)27-17-10-7-11-18-27/h6-11,14-20,23,30-31,33H,3-5,12-13,21-22H2,1-2H3,(H,38,39). The summed E-state index contributed by atoms with van der Waals surface area (Å²) in [4.78, 5) is 29.9. The molecular formula is C35H38ClNO4. The van der Waals surface area contributed by atoms with Crippen LogP contribution in [0.1, 0.15) is 80.9 Å². The molecular weight excluding hydrogens is 534 g/mol. The Balaban J connectivity index is 1.28. The summed E-state index contributed by atoms with van der Waals surface area (Å²) in [6.07, 6.45) is 6.09. The van der Waals surface area contributed by atoms with Crippen molar-refractivity contribution in [1.29, 1.82) is 0 Å². The third-order valence-electron chi connectivity index (χ3n) is 7.80. The minimum atomic E-state index is -1.03. The molecule has 41 heavy (non-hydrogen) atoms. The topological polar surface area (TPSA) is 76.0 Å². The number of allylic oxidation sites excluding steroid dienone is 1. The highest BCUT2D eigenvalue weighted by Crippen LogP contribution is 2.40. The molecule has 3 aromatic rings. The number of ether oxygens (including phenoxy) is 1. The van der Waals surface area contributed by atoms with Gasteiger partial charge in [0.1, 0.15) is 5.92 Å². The van der Waals surface area contributed by atoms with Crippen molar-refractivity contribution in [1.82, 2.24) is 0 Å². The molecule has 0 saturated heterocycles. The summed E-state index contributed by atoms with van der Waals surface area (Å²) in [5.41, 5.74) is 4.59. The lowest BCUT2D eigenvalue weighted by molar-refractivity contribution is -0.141. The maximum absolute atomic E-state index is 13.3. The largest absolute Gasteiger partial charge is 0.481 e. The van der Waals surface area contributed by atoms with Gasteiger partial charge in [-0.15, -0.1) is 0 Å². The molecule has 3 aromatic carbocycles. The van der Waals surface area contributed by atoms with Crippen molar-refractivity contribution in [2.45, 2.75) is 64.2 Å². The van der Waals surface area contributed by atoms with Crippen LogP contribution >= 0.6 is 11.6 Å². The number of carbonyl (C=O) groups excluding carboxylic acids is 1. The molecule has 1 heterocycles. The number of aliphatic imine (C=N–C) groups is 1. The molecule has 0 spiro atoms. The van der Waals surface area contributed by atoms with Gasteiger partial charge in [0.05, 0.1) is 12.2 Å². The number of esters is 1. The van der Waals surface area contributed by atoms with E-state index in [1.54, 1.807) is 38.1 Å². The fraction of sp³-hybridized carbons (Fsp3) is 0.343. The average molecular weight is 572 g/mol. The highest BCUT2D eigenvalue weighted by Gasteiger charge is 2.41. The van der Waals surface area contributed by atoms with Gasteiger partial charge in [0, 0.05) is 28.3 Å². The van der Waals surface area contributed by atoms with Gasteiger partial charge >= 0.3 is 11.9 Å². The van der Waals surface area contributed by atoms with Gasteiger partial charge in [-0.05, 0) is 55.5 Å². The number of halogens is 1. The Kier molecular flexibility index (Phi) is 10.9. The fourth-order valence-electron chi connectivity index (χ4n) is 5.80. The van der Waals surface area contributed by atoms with Crippen molar-refractivity contribution in [3.05, 3.63) is 118 Å². The zero-order chi connectivity index (χ0) is 29.2. The Labute approximate surface area is 247 Å². The SMILES string of the molecule is CC1=NC(C)=C(C(=O)OCCCCCCCC(c2ccccc2)c2ccccc2)C(c2cccc(Cl)c2)C1C(=O)O. The van der Waals surface area contributed by atoms with Crippen molar-refractivity contribution in [3.8, 4) is 0 Å². The molecule has 0 bridgehead atoms. The molecule has 0 saturated carbocycles.